The zero-order valence-electron chi connectivity index (χ0n) is 19.1. The number of fused-ring (bicyclic) bond motifs is 4. The number of halogens is 1. The van der Waals surface area contributed by atoms with E-state index >= 15 is 0 Å². The molecule has 0 bridgehead atoms. The third-order valence-corrected chi connectivity index (χ3v) is 6.56. The first-order valence-electron chi connectivity index (χ1n) is 11.4. The average molecular weight is 492 g/mol. The van der Waals surface area contributed by atoms with Crippen LogP contribution in [0.15, 0.2) is 85.5 Å². The van der Waals surface area contributed by atoms with Gasteiger partial charge >= 0.3 is 0 Å². The van der Waals surface area contributed by atoms with E-state index in [-0.39, 0.29) is 5.92 Å². The van der Waals surface area contributed by atoms with Crippen molar-refractivity contribution in [1.82, 2.24) is 34.3 Å². The smallest absolute Gasteiger partial charge is 0.230 e. The molecule has 0 amide bonds. The normalized spacial score (nSPS) is 14.3. The van der Waals surface area contributed by atoms with Gasteiger partial charge in [-0.3, -0.25) is 4.98 Å². The molecule has 1 atom stereocenters. The van der Waals surface area contributed by atoms with Crippen molar-refractivity contribution in [3.8, 4) is 28.8 Å². The Morgan fingerprint density at radius 1 is 0.944 bits per heavy atom. The van der Waals surface area contributed by atoms with E-state index in [9.17, 15) is 0 Å². The molecule has 0 unspecified atom stereocenters. The van der Waals surface area contributed by atoms with E-state index in [2.05, 4.69) is 9.97 Å². The Hall–Kier alpha value is -4.56. The number of aromatic nitrogens is 7. The monoisotopic (exact) mass is 491 g/mol. The minimum absolute atomic E-state index is 0.255. The summed E-state index contributed by atoms with van der Waals surface area (Å²) in [6.07, 6.45) is 5.25. The number of rotatable bonds is 3. The van der Waals surface area contributed by atoms with Crippen LogP contribution in [0, 0.1) is 6.92 Å². The topological polar surface area (TPSA) is 83.0 Å². The van der Waals surface area contributed by atoms with Crippen LogP contribution in [0.5, 0.6) is 11.8 Å². The van der Waals surface area contributed by atoms with Crippen LogP contribution in [0.3, 0.4) is 0 Å². The third kappa shape index (κ3) is 3.19. The molecule has 0 spiro atoms. The van der Waals surface area contributed by atoms with Gasteiger partial charge in [-0.1, -0.05) is 54.1 Å². The average Bonchev–Trinajstić information content (AvgIpc) is 3.50. The summed E-state index contributed by atoms with van der Waals surface area (Å²) in [6, 6.07) is 21.4. The Balaban J connectivity index is 1.49. The minimum atomic E-state index is -0.255. The summed E-state index contributed by atoms with van der Waals surface area (Å²) in [4.78, 5) is 14.0. The van der Waals surface area contributed by atoms with Gasteiger partial charge in [0, 0.05) is 23.0 Å². The number of nitrogens with zero attached hydrogens (tertiary/aromatic N) is 7. The van der Waals surface area contributed by atoms with E-state index in [1.54, 1.807) is 21.7 Å². The quantitative estimate of drug-likeness (QED) is 0.319. The fourth-order valence-electron chi connectivity index (χ4n) is 4.75. The van der Waals surface area contributed by atoms with Crippen molar-refractivity contribution in [2.45, 2.75) is 12.8 Å². The number of hydrogen-bond acceptors (Lipinski definition) is 6. The first-order valence-corrected chi connectivity index (χ1v) is 11.8. The van der Waals surface area contributed by atoms with Crippen molar-refractivity contribution < 1.29 is 4.74 Å². The molecule has 0 saturated heterocycles. The van der Waals surface area contributed by atoms with E-state index in [4.69, 9.17) is 31.5 Å². The molecule has 0 aliphatic carbocycles. The Kier molecular flexibility index (Phi) is 4.62. The maximum atomic E-state index is 6.44. The van der Waals surface area contributed by atoms with E-state index in [1.807, 2.05) is 79.9 Å². The van der Waals surface area contributed by atoms with E-state index in [0.29, 0.717) is 28.3 Å². The fourth-order valence-corrected chi connectivity index (χ4v) is 4.94. The summed E-state index contributed by atoms with van der Waals surface area (Å²) < 4.78 is 9.92. The highest BCUT2D eigenvalue weighted by Gasteiger charge is 2.38. The summed E-state index contributed by atoms with van der Waals surface area (Å²) in [6.45, 7) is 1.98. The lowest BCUT2D eigenvalue weighted by Crippen LogP contribution is -2.16. The van der Waals surface area contributed by atoms with Crippen molar-refractivity contribution in [3.05, 3.63) is 113 Å². The van der Waals surface area contributed by atoms with Crippen molar-refractivity contribution in [1.29, 1.82) is 0 Å². The minimum Gasteiger partial charge on any atom is -0.420 e. The molecular formula is C27H18ClN7O. The molecule has 8 nitrogen and oxygen atoms in total. The summed E-state index contributed by atoms with van der Waals surface area (Å²) in [5.41, 5.74) is 5.96. The maximum absolute atomic E-state index is 6.44. The highest BCUT2D eigenvalue weighted by atomic mass is 35.5. The summed E-state index contributed by atoms with van der Waals surface area (Å²) >= 11 is 6.29. The second-order valence-corrected chi connectivity index (χ2v) is 8.99. The first kappa shape index (κ1) is 20.8. The molecule has 9 heteroatoms. The molecule has 1 aliphatic rings. The molecule has 36 heavy (non-hydrogen) atoms. The number of benzene rings is 2. The SMILES string of the molecule is Cc1nn(-c2cccc(Cl)c2)c2c1[C@@H](c1cccnc1)c1c(ncn3nc(-c4ccccc4)nc13)O2. The lowest BCUT2D eigenvalue weighted by molar-refractivity contribution is 0.402. The molecule has 174 valence electrons. The second-order valence-electron chi connectivity index (χ2n) is 8.55. The first-order chi connectivity index (χ1) is 17.7. The van der Waals surface area contributed by atoms with Crippen LogP contribution >= 0.6 is 11.6 Å². The predicted molar refractivity (Wildman–Crippen MR) is 135 cm³/mol. The largest absolute Gasteiger partial charge is 0.420 e. The van der Waals surface area contributed by atoms with Gasteiger partial charge in [0.1, 0.15) is 6.33 Å². The molecule has 6 aromatic rings. The number of hydrogen-bond donors (Lipinski definition) is 0. The van der Waals surface area contributed by atoms with Gasteiger partial charge in [0.15, 0.2) is 11.5 Å². The molecule has 0 N–H and O–H groups in total. The van der Waals surface area contributed by atoms with Gasteiger partial charge in [0.05, 0.1) is 28.4 Å². The van der Waals surface area contributed by atoms with Crippen LogP contribution in [0.2, 0.25) is 5.02 Å². The summed E-state index contributed by atoms with van der Waals surface area (Å²) in [7, 11) is 0. The fraction of sp³-hybridized carbons (Fsp3) is 0.0741. The highest BCUT2D eigenvalue weighted by Crippen LogP contribution is 2.49. The molecule has 5 heterocycles. The van der Waals surface area contributed by atoms with Crippen molar-refractivity contribution >= 4 is 17.2 Å². The Morgan fingerprint density at radius 3 is 2.64 bits per heavy atom. The van der Waals surface area contributed by atoms with Gasteiger partial charge < -0.3 is 4.74 Å². The van der Waals surface area contributed by atoms with E-state index in [1.165, 1.54) is 0 Å². The Morgan fingerprint density at radius 2 is 1.83 bits per heavy atom. The lowest BCUT2D eigenvalue weighted by Gasteiger charge is -2.26. The molecular weight excluding hydrogens is 474 g/mol. The van der Waals surface area contributed by atoms with Crippen LogP contribution in [0.4, 0.5) is 0 Å². The van der Waals surface area contributed by atoms with Gasteiger partial charge in [-0.15, -0.1) is 5.10 Å². The van der Waals surface area contributed by atoms with Crippen LogP contribution in [-0.2, 0) is 0 Å². The summed E-state index contributed by atoms with van der Waals surface area (Å²) in [5, 5.41) is 10.2. The molecule has 2 aromatic carbocycles. The number of ether oxygens (including phenoxy) is 1. The van der Waals surface area contributed by atoms with Crippen molar-refractivity contribution in [2.75, 3.05) is 0 Å². The zero-order valence-corrected chi connectivity index (χ0v) is 19.8. The van der Waals surface area contributed by atoms with Gasteiger partial charge in [0.25, 0.3) is 0 Å². The Bertz CT molecular complexity index is 1750. The molecule has 0 fully saturated rings. The summed E-state index contributed by atoms with van der Waals surface area (Å²) in [5.74, 6) is 1.41. The number of pyridine rings is 1. The van der Waals surface area contributed by atoms with Crippen LogP contribution in [0.1, 0.15) is 28.3 Å². The zero-order chi connectivity index (χ0) is 24.2. The van der Waals surface area contributed by atoms with Crippen molar-refractivity contribution in [2.24, 2.45) is 0 Å². The van der Waals surface area contributed by atoms with E-state index < -0.39 is 0 Å². The van der Waals surface area contributed by atoms with Crippen LogP contribution < -0.4 is 4.74 Å². The molecule has 1 aliphatic heterocycles. The standard InChI is InChI=1S/C27H18ClN7O/c1-16-21-22(18-9-6-12-29-14-18)23-25-31-24(17-7-3-2-4-8-17)33-34(25)15-30-26(23)36-27(21)35(32-16)20-11-5-10-19(28)13-20/h2-15,22H,1H3/t22-/m1/s1. The van der Waals surface area contributed by atoms with Crippen LogP contribution in [-0.4, -0.2) is 34.3 Å². The van der Waals surface area contributed by atoms with Gasteiger partial charge in [-0.2, -0.15) is 5.10 Å². The molecule has 0 saturated carbocycles. The molecule has 0 radical (unpaired) electrons. The molecule has 4 aromatic heterocycles. The second kappa shape index (κ2) is 8.00. The molecule has 7 rings (SSSR count). The van der Waals surface area contributed by atoms with E-state index in [0.717, 1.165) is 33.6 Å². The highest BCUT2D eigenvalue weighted by molar-refractivity contribution is 6.30. The number of aryl methyl sites for hydroxylation is 1. The Labute approximate surface area is 210 Å². The lowest BCUT2D eigenvalue weighted by atomic mass is 9.85. The third-order valence-electron chi connectivity index (χ3n) is 6.32. The van der Waals surface area contributed by atoms with Gasteiger partial charge in [-0.25, -0.2) is 19.2 Å². The maximum Gasteiger partial charge on any atom is 0.230 e. The van der Waals surface area contributed by atoms with Gasteiger partial charge in [-0.05, 0) is 36.8 Å². The van der Waals surface area contributed by atoms with Crippen molar-refractivity contribution in [3.63, 3.8) is 0 Å². The predicted octanol–water partition coefficient (Wildman–Crippen LogP) is 5.62. The van der Waals surface area contributed by atoms with Crippen LogP contribution in [0.25, 0.3) is 22.7 Å². The van der Waals surface area contributed by atoms with Gasteiger partial charge in [0.2, 0.25) is 11.8 Å².